The molecule has 0 aromatic heterocycles. The van der Waals surface area contributed by atoms with Crippen LogP contribution in [0.15, 0.2) is 48.5 Å². The first-order valence-electron chi connectivity index (χ1n) is 12.2. The van der Waals surface area contributed by atoms with Gasteiger partial charge in [0.05, 0.1) is 0 Å². The first-order chi connectivity index (χ1) is 16.5. The van der Waals surface area contributed by atoms with Crippen molar-refractivity contribution in [3.8, 4) is 5.75 Å². The number of benzene rings is 2. The zero-order chi connectivity index (χ0) is 25.6. The van der Waals surface area contributed by atoms with Crippen LogP contribution < -0.4 is 10.1 Å². The number of aryl methyl sites for hydroxylation is 1. The molecule has 35 heavy (non-hydrogen) atoms. The molecule has 4 atom stereocenters. The zero-order valence-electron chi connectivity index (χ0n) is 21.2. The summed E-state index contributed by atoms with van der Waals surface area (Å²) in [5, 5.41) is 2.66. The number of hydrogen-bond acceptors (Lipinski definition) is 5. The van der Waals surface area contributed by atoms with Gasteiger partial charge in [0.2, 0.25) is 0 Å². The van der Waals surface area contributed by atoms with Gasteiger partial charge in [0, 0.05) is 5.92 Å². The lowest BCUT2D eigenvalue weighted by molar-refractivity contribution is -0.154. The third-order valence-corrected chi connectivity index (χ3v) is 6.03. The summed E-state index contributed by atoms with van der Waals surface area (Å²) < 4.78 is 31.1. The number of amides is 1. The number of nitrogens with one attached hydrogen (secondary N) is 1. The number of esters is 1. The number of cyclic esters (lactones) is 1. The van der Waals surface area contributed by atoms with Crippen LogP contribution in [-0.4, -0.2) is 35.9 Å². The van der Waals surface area contributed by atoms with E-state index in [0.29, 0.717) is 25.7 Å². The monoisotopic (exact) mass is 485 g/mol. The first kappa shape index (κ1) is 26.5. The van der Waals surface area contributed by atoms with Crippen molar-refractivity contribution >= 4 is 12.1 Å². The van der Waals surface area contributed by atoms with Crippen molar-refractivity contribution in [2.75, 3.05) is 0 Å². The van der Waals surface area contributed by atoms with E-state index in [1.165, 1.54) is 12.1 Å². The van der Waals surface area contributed by atoms with Gasteiger partial charge in [0.25, 0.3) is 0 Å². The fourth-order valence-corrected chi connectivity index (χ4v) is 4.22. The highest BCUT2D eigenvalue weighted by Gasteiger charge is 2.36. The van der Waals surface area contributed by atoms with Crippen LogP contribution in [0.4, 0.5) is 9.18 Å². The van der Waals surface area contributed by atoms with E-state index >= 15 is 0 Å². The molecule has 1 aliphatic rings. The molecule has 2 aromatic carbocycles. The lowest BCUT2D eigenvalue weighted by atomic mass is 9.87. The van der Waals surface area contributed by atoms with E-state index in [9.17, 15) is 14.0 Å². The Bertz CT molecular complexity index is 984. The standard InChI is InChI=1S/C28H36FNO5/c1-18-9-15-22(16-10-18)34-25-8-6-7-24(30-27(32)35-28(3,4)5)26(31)33-19(2)23(25)17-20-11-13-21(29)14-12-20/h9-16,19,23-25H,6-8,17H2,1-5H3,(H,30,32)/t19-,23-,24-,25-/m0/s1. The largest absolute Gasteiger partial charge is 0.490 e. The number of halogens is 1. The summed E-state index contributed by atoms with van der Waals surface area (Å²) >= 11 is 0. The second-order valence-electron chi connectivity index (χ2n) is 10.2. The summed E-state index contributed by atoms with van der Waals surface area (Å²) in [7, 11) is 0. The number of alkyl carbamates (subject to hydrolysis) is 1. The van der Waals surface area contributed by atoms with E-state index < -0.39 is 29.8 Å². The van der Waals surface area contributed by atoms with Crippen LogP contribution in [-0.2, 0) is 20.7 Å². The maximum absolute atomic E-state index is 13.5. The molecule has 1 aliphatic heterocycles. The molecule has 6 nitrogen and oxygen atoms in total. The lowest BCUT2D eigenvalue weighted by Gasteiger charge is -2.31. The molecule has 0 spiro atoms. The van der Waals surface area contributed by atoms with E-state index in [1.54, 1.807) is 32.9 Å². The number of carbonyl (C=O) groups is 2. The quantitative estimate of drug-likeness (QED) is 0.546. The molecule has 0 radical (unpaired) electrons. The fourth-order valence-electron chi connectivity index (χ4n) is 4.22. The Morgan fingerprint density at radius 2 is 1.74 bits per heavy atom. The minimum atomic E-state index is -0.808. The second-order valence-corrected chi connectivity index (χ2v) is 10.2. The molecule has 7 heteroatoms. The van der Waals surface area contributed by atoms with Gasteiger partial charge in [0.15, 0.2) is 0 Å². The molecular weight excluding hydrogens is 449 g/mol. The third-order valence-electron chi connectivity index (χ3n) is 6.03. The molecule has 0 saturated carbocycles. The molecule has 0 aliphatic carbocycles. The first-order valence-corrected chi connectivity index (χ1v) is 12.2. The van der Waals surface area contributed by atoms with Gasteiger partial charge in [-0.1, -0.05) is 29.8 Å². The third kappa shape index (κ3) is 8.26. The van der Waals surface area contributed by atoms with E-state index in [1.807, 2.05) is 38.1 Å². The Morgan fingerprint density at radius 3 is 2.37 bits per heavy atom. The zero-order valence-corrected chi connectivity index (χ0v) is 21.2. The molecule has 0 bridgehead atoms. The summed E-state index contributed by atoms with van der Waals surface area (Å²) in [6.45, 7) is 9.16. The van der Waals surface area contributed by atoms with Crippen molar-refractivity contribution in [2.45, 2.75) is 84.2 Å². The maximum Gasteiger partial charge on any atom is 0.408 e. The van der Waals surface area contributed by atoms with Crippen LogP contribution in [0.1, 0.15) is 58.1 Å². The Hall–Kier alpha value is -3.09. The van der Waals surface area contributed by atoms with Crippen molar-refractivity contribution in [1.29, 1.82) is 0 Å². The summed E-state index contributed by atoms with van der Waals surface area (Å²) in [4.78, 5) is 25.3. The van der Waals surface area contributed by atoms with Gasteiger partial charge in [-0.15, -0.1) is 0 Å². The highest BCUT2D eigenvalue weighted by molar-refractivity contribution is 5.81. The second kappa shape index (κ2) is 11.6. The van der Waals surface area contributed by atoms with Crippen molar-refractivity contribution in [3.05, 3.63) is 65.5 Å². The molecular formula is C28H36FNO5. The summed E-state index contributed by atoms with van der Waals surface area (Å²) in [6.07, 6.45) is 0.861. The number of rotatable bonds is 5. The van der Waals surface area contributed by atoms with Gasteiger partial charge < -0.3 is 19.5 Å². The van der Waals surface area contributed by atoms with Crippen molar-refractivity contribution < 1.29 is 28.2 Å². The van der Waals surface area contributed by atoms with Crippen molar-refractivity contribution in [3.63, 3.8) is 0 Å². The van der Waals surface area contributed by atoms with Gasteiger partial charge in [-0.25, -0.2) is 14.0 Å². The van der Waals surface area contributed by atoms with Crippen molar-refractivity contribution in [1.82, 2.24) is 5.32 Å². The predicted octanol–water partition coefficient (Wildman–Crippen LogP) is 5.75. The van der Waals surface area contributed by atoms with Crippen LogP contribution in [0.25, 0.3) is 0 Å². The van der Waals surface area contributed by atoms with Crippen LogP contribution >= 0.6 is 0 Å². The molecule has 1 heterocycles. The van der Waals surface area contributed by atoms with Crippen LogP contribution in [0, 0.1) is 18.7 Å². The van der Waals surface area contributed by atoms with Crippen LogP contribution in [0.5, 0.6) is 5.75 Å². The predicted molar refractivity (Wildman–Crippen MR) is 132 cm³/mol. The minimum Gasteiger partial charge on any atom is -0.490 e. The molecule has 3 rings (SSSR count). The fraction of sp³-hybridized carbons (Fsp3) is 0.500. The Labute approximate surface area is 207 Å². The van der Waals surface area contributed by atoms with Crippen molar-refractivity contribution in [2.24, 2.45) is 5.92 Å². The SMILES string of the molecule is Cc1ccc(O[C@H]2CCC[C@H](NC(=O)OC(C)(C)C)C(=O)O[C@@H](C)[C@@H]2Cc2ccc(F)cc2)cc1. The van der Waals surface area contributed by atoms with Crippen LogP contribution in [0.3, 0.4) is 0 Å². The smallest absolute Gasteiger partial charge is 0.408 e. The summed E-state index contributed by atoms with van der Waals surface area (Å²) in [5.41, 5.74) is 1.39. The van der Waals surface area contributed by atoms with E-state index in [0.717, 1.165) is 16.9 Å². The number of hydrogen-bond donors (Lipinski definition) is 1. The molecule has 2 aromatic rings. The number of ether oxygens (including phenoxy) is 3. The number of carbonyl (C=O) groups excluding carboxylic acids is 2. The topological polar surface area (TPSA) is 73.9 Å². The van der Waals surface area contributed by atoms with Crippen LogP contribution in [0.2, 0.25) is 0 Å². The molecule has 1 amide bonds. The van der Waals surface area contributed by atoms with Gasteiger partial charge in [-0.05, 0) is 90.1 Å². The average molecular weight is 486 g/mol. The van der Waals surface area contributed by atoms with E-state index in [-0.39, 0.29) is 17.8 Å². The summed E-state index contributed by atoms with van der Waals surface area (Å²) in [6, 6.07) is 13.4. The lowest BCUT2D eigenvalue weighted by Crippen LogP contribution is -2.45. The molecule has 1 N–H and O–H groups in total. The average Bonchev–Trinajstić information content (AvgIpc) is 2.81. The minimum absolute atomic E-state index is 0.175. The summed E-state index contributed by atoms with van der Waals surface area (Å²) in [5.74, 6) is -0.230. The van der Waals surface area contributed by atoms with Gasteiger partial charge in [-0.3, -0.25) is 0 Å². The Balaban J connectivity index is 1.82. The molecule has 190 valence electrons. The van der Waals surface area contributed by atoms with Gasteiger partial charge in [-0.2, -0.15) is 0 Å². The highest BCUT2D eigenvalue weighted by Crippen LogP contribution is 2.29. The Kier molecular flexibility index (Phi) is 8.76. The maximum atomic E-state index is 13.5. The molecule has 1 saturated heterocycles. The Morgan fingerprint density at radius 1 is 1.09 bits per heavy atom. The van der Waals surface area contributed by atoms with E-state index in [2.05, 4.69) is 5.32 Å². The van der Waals surface area contributed by atoms with Gasteiger partial charge >= 0.3 is 12.1 Å². The highest BCUT2D eigenvalue weighted by atomic mass is 19.1. The normalized spacial score (nSPS) is 23.3. The molecule has 1 fully saturated rings. The van der Waals surface area contributed by atoms with E-state index in [4.69, 9.17) is 14.2 Å². The van der Waals surface area contributed by atoms with Gasteiger partial charge in [0.1, 0.15) is 35.4 Å². The molecule has 0 unspecified atom stereocenters.